The second-order valence-corrected chi connectivity index (χ2v) is 7.03. The van der Waals surface area contributed by atoms with E-state index in [0.29, 0.717) is 30.2 Å². The van der Waals surface area contributed by atoms with Crippen molar-refractivity contribution in [3.8, 4) is 0 Å². The molecule has 0 aliphatic heterocycles. The second-order valence-electron chi connectivity index (χ2n) is 4.35. The van der Waals surface area contributed by atoms with E-state index in [2.05, 4.69) is 4.72 Å². The van der Waals surface area contributed by atoms with Crippen molar-refractivity contribution in [1.29, 1.82) is 0 Å². The zero-order valence-electron chi connectivity index (χ0n) is 10.9. The molecule has 1 aromatic carbocycles. The molecule has 0 saturated carbocycles. The summed E-state index contributed by atoms with van der Waals surface area (Å²) in [5.41, 5.74) is 0.924. The molecule has 0 aromatic heterocycles. The number of rotatable bonds is 8. The zero-order chi connectivity index (χ0) is 14.3. The summed E-state index contributed by atoms with van der Waals surface area (Å²) in [5, 5.41) is 0.642. The smallest absolute Gasteiger partial charge is 0.212 e. The number of nitrogens with one attached hydrogen (secondary N) is 1. The molecule has 3 nitrogen and oxygen atoms in total. The van der Waals surface area contributed by atoms with E-state index in [9.17, 15) is 8.42 Å². The lowest BCUT2D eigenvalue weighted by molar-refractivity contribution is 0.547. The Kier molecular flexibility index (Phi) is 7.15. The minimum absolute atomic E-state index is 0.115. The molecule has 1 atom stereocenters. The first kappa shape index (κ1) is 16.8. The average Bonchev–Trinajstić information content (AvgIpc) is 2.37. The molecule has 0 radical (unpaired) electrons. The van der Waals surface area contributed by atoms with Crippen molar-refractivity contribution in [2.75, 3.05) is 11.6 Å². The van der Waals surface area contributed by atoms with Crippen LogP contribution < -0.4 is 4.72 Å². The largest absolute Gasteiger partial charge is 0.212 e. The lowest BCUT2D eigenvalue weighted by atomic mass is 10.1. The molecule has 0 saturated heterocycles. The number of halogens is 2. The molecule has 1 unspecified atom stereocenters. The molecule has 6 heteroatoms. The van der Waals surface area contributed by atoms with Crippen molar-refractivity contribution in [3.63, 3.8) is 0 Å². The van der Waals surface area contributed by atoms with Crippen LogP contribution >= 0.6 is 23.2 Å². The molecular weight excluding hydrogens is 305 g/mol. The standard InChI is InChI=1S/C13H19Cl2NO2S/c1-2-13(11-5-7-12(15)8-6-11)16-19(17,18)10-4-3-9-14/h5-8,13,16H,2-4,9-10H2,1H3. The van der Waals surface area contributed by atoms with E-state index >= 15 is 0 Å². The van der Waals surface area contributed by atoms with Gasteiger partial charge in [-0.1, -0.05) is 30.7 Å². The van der Waals surface area contributed by atoms with Crippen molar-refractivity contribution >= 4 is 33.2 Å². The van der Waals surface area contributed by atoms with Crippen LogP contribution in [0.25, 0.3) is 0 Å². The van der Waals surface area contributed by atoms with Crippen LogP contribution in [0.1, 0.15) is 37.8 Å². The lowest BCUT2D eigenvalue weighted by Crippen LogP contribution is -2.30. The fourth-order valence-electron chi connectivity index (χ4n) is 1.74. The van der Waals surface area contributed by atoms with E-state index in [1.807, 2.05) is 19.1 Å². The highest BCUT2D eigenvalue weighted by molar-refractivity contribution is 7.89. The van der Waals surface area contributed by atoms with Gasteiger partial charge >= 0.3 is 0 Å². The maximum Gasteiger partial charge on any atom is 0.212 e. The fourth-order valence-corrected chi connectivity index (χ4v) is 3.50. The van der Waals surface area contributed by atoms with Crippen LogP contribution in [0, 0.1) is 0 Å². The zero-order valence-corrected chi connectivity index (χ0v) is 13.2. The van der Waals surface area contributed by atoms with Gasteiger partial charge in [0.25, 0.3) is 0 Å². The monoisotopic (exact) mass is 323 g/mol. The molecule has 0 amide bonds. The molecule has 0 aliphatic rings. The van der Waals surface area contributed by atoms with Gasteiger partial charge in [-0.3, -0.25) is 0 Å². The van der Waals surface area contributed by atoms with E-state index in [1.54, 1.807) is 12.1 Å². The van der Waals surface area contributed by atoms with Gasteiger partial charge in [0.1, 0.15) is 0 Å². The van der Waals surface area contributed by atoms with E-state index in [-0.39, 0.29) is 11.8 Å². The third-order valence-electron chi connectivity index (χ3n) is 2.80. The molecule has 108 valence electrons. The van der Waals surface area contributed by atoms with Crippen LogP contribution in [0.5, 0.6) is 0 Å². The molecular formula is C13H19Cl2NO2S. The number of hydrogen-bond donors (Lipinski definition) is 1. The Balaban J connectivity index is 2.68. The summed E-state index contributed by atoms with van der Waals surface area (Å²) in [5.74, 6) is 0.605. The third-order valence-corrected chi connectivity index (χ3v) is 4.79. The summed E-state index contributed by atoms with van der Waals surface area (Å²) >= 11 is 11.4. The molecule has 19 heavy (non-hydrogen) atoms. The molecule has 1 rings (SSSR count). The van der Waals surface area contributed by atoms with Crippen LogP contribution in [0.4, 0.5) is 0 Å². The molecule has 0 heterocycles. The summed E-state index contributed by atoms with van der Waals surface area (Å²) in [6.45, 7) is 1.94. The maximum absolute atomic E-state index is 11.9. The number of unbranched alkanes of at least 4 members (excludes halogenated alkanes) is 1. The van der Waals surface area contributed by atoms with Crippen LogP contribution in [0.3, 0.4) is 0 Å². The molecule has 0 bridgehead atoms. The Morgan fingerprint density at radius 2 is 1.84 bits per heavy atom. The van der Waals surface area contributed by atoms with Crippen LogP contribution in [0.2, 0.25) is 5.02 Å². The first-order valence-corrected chi connectivity index (χ1v) is 8.86. The van der Waals surface area contributed by atoms with Gasteiger partial charge in [0.15, 0.2) is 0 Å². The van der Waals surface area contributed by atoms with Gasteiger partial charge in [-0.05, 0) is 37.0 Å². The third kappa shape index (κ3) is 6.13. The van der Waals surface area contributed by atoms with Crippen LogP contribution in [0.15, 0.2) is 24.3 Å². The van der Waals surface area contributed by atoms with Gasteiger partial charge in [-0.15, -0.1) is 11.6 Å². The fraction of sp³-hybridized carbons (Fsp3) is 0.538. The minimum atomic E-state index is -3.27. The van der Waals surface area contributed by atoms with Crippen molar-refractivity contribution in [2.24, 2.45) is 0 Å². The summed E-state index contributed by atoms with van der Waals surface area (Å²) in [6.07, 6.45) is 1.98. The van der Waals surface area contributed by atoms with Gasteiger partial charge in [0.05, 0.1) is 5.75 Å². The number of hydrogen-bond acceptors (Lipinski definition) is 2. The Labute approximate surface area is 125 Å². The number of alkyl halides is 1. The highest BCUT2D eigenvalue weighted by Gasteiger charge is 2.17. The number of sulfonamides is 1. The maximum atomic E-state index is 11.9. The Morgan fingerprint density at radius 3 is 2.37 bits per heavy atom. The van der Waals surface area contributed by atoms with E-state index in [4.69, 9.17) is 23.2 Å². The highest BCUT2D eigenvalue weighted by atomic mass is 35.5. The molecule has 0 spiro atoms. The molecule has 1 aromatic rings. The summed E-state index contributed by atoms with van der Waals surface area (Å²) in [7, 11) is -3.27. The molecule has 0 aliphatic carbocycles. The minimum Gasteiger partial charge on any atom is -0.212 e. The summed E-state index contributed by atoms with van der Waals surface area (Å²) in [6, 6.07) is 7.01. The van der Waals surface area contributed by atoms with Gasteiger partial charge in [0, 0.05) is 16.9 Å². The Hall–Kier alpha value is -0.290. The highest BCUT2D eigenvalue weighted by Crippen LogP contribution is 2.20. The number of benzene rings is 1. The predicted molar refractivity (Wildman–Crippen MR) is 81.4 cm³/mol. The Bertz CT molecular complexity index is 474. The predicted octanol–water partition coefficient (Wildman–Crippen LogP) is 3.73. The van der Waals surface area contributed by atoms with Crippen molar-refractivity contribution in [2.45, 2.75) is 32.2 Å². The lowest BCUT2D eigenvalue weighted by Gasteiger charge is -2.17. The van der Waals surface area contributed by atoms with Gasteiger partial charge < -0.3 is 0 Å². The van der Waals surface area contributed by atoms with Gasteiger partial charge in [0.2, 0.25) is 10.0 Å². The van der Waals surface area contributed by atoms with Crippen LogP contribution in [-0.4, -0.2) is 20.1 Å². The topological polar surface area (TPSA) is 46.2 Å². The van der Waals surface area contributed by atoms with Crippen molar-refractivity contribution in [1.82, 2.24) is 4.72 Å². The van der Waals surface area contributed by atoms with Crippen molar-refractivity contribution < 1.29 is 8.42 Å². The second kappa shape index (κ2) is 8.10. The Morgan fingerprint density at radius 1 is 1.21 bits per heavy atom. The van der Waals surface area contributed by atoms with Gasteiger partial charge in [-0.2, -0.15) is 0 Å². The summed E-state index contributed by atoms with van der Waals surface area (Å²) < 4.78 is 26.6. The molecule has 1 N–H and O–H groups in total. The van der Waals surface area contributed by atoms with Crippen molar-refractivity contribution in [3.05, 3.63) is 34.9 Å². The molecule has 0 fully saturated rings. The summed E-state index contributed by atoms with van der Waals surface area (Å²) in [4.78, 5) is 0. The van der Waals surface area contributed by atoms with E-state index < -0.39 is 10.0 Å². The quantitative estimate of drug-likeness (QED) is 0.585. The average molecular weight is 324 g/mol. The SMILES string of the molecule is CCC(NS(=O)(=O)CCCCCl)c1ccc(Cl)cc1. The van der Waals surface area contributed by atoms with E-state index in [1.165, 1.54) is 0 Å². The van der Waals surface area contributed by atoms with E-state index in [0.717, 1.165) is 5.56 Å². The van der Waals surface area contributed by atoms with Crippen LogP contribution in [-0.2, 0) is 10.0 Å². The van der Waals surface area contributed by atoms with Gasteiger partial charge in [-0.25, -0.2) is 13.1 Å². The first-order valence-electron chi connectivity index (χ1n) is 6.30. The normalized spacial score (nSPS) is 13.4. The first-order chi connectivity index (χ1) is 8.98.